The Morgan fingerprint density at radius 1 is 1.41 bits per heavy atom. The molecule has 6 heteroatoms. The lowest BCUT2D eigenvalue weighted by molar-refractivity contribution is -0.128. The number of methoxy groups -OCH3 is 1. The van der Waals surface area contributed by atoms with Gasteiger partial charge in [-0.1, -0.05) is 0 Å². The average Bonchev–Trinajstić information content (AvgIpc) is 2.39. The largest absolute Gasteiger partial charge is 1.00 e. The third-order valence-corrected chi connectivity index (χ3v) is 2.63. The minimum absolute atomic E-state index is 0. The Hall–Kier alpha value is -1.35. The van der Waals surface area contributed by atoms with Gasteiger partial charge in [0.25, 0.3) is 0 Å². The Balaban J connectivity index is 0.00000144. The number of benzene rings is 1. The number of halogens is 1. The van der Waals surface area contributed by atoms with E-state index in [-0.39, 0.29) is 18.7 Å². The first-order valence-corrected chi connectivity index (χ1v) is 5.18. The molecule has 17 heavy (non-hydrogen) atoms. The van der Waals surface area contributed by atoms with Gasteiger partial charge < -0.3 is 26.8 Å². The van der Waals surface area contributed by atoms with Crippen molar-refractivity contribution in [1.82, 2.24) is 0 Å². The summed E-state index contributed by atoms with van der Waals surface area (Å²) in [6, 6.07) is 7.39. The molecule has 1 fully saturated rings. The number of morpholine rings is 1. The highest BCUT2D eigenvalue weighted by Crippen LogP contribution is 2.21. The van der Waals surface area contributed by atoms with Gasteiger partial charge in [-0.15, -0.1) is 0 Å². The second-order valence-corrected chi connectivity index (χ2v) is 3.60. The molecule has 0 aliphatic carbocycles. The molecule has 0 saturated carbocycles. The van der Waals surface area contributed by atoms with Gasteiger partial charge in [0.15, 0.2) is 11.3 Å². The lowest BCUT2D eigenvalue weighted by atomic mass is 10.2. The quantitative estimate of drug-likeness (QED) is 0.635. The van der Waals surface area contributed by atoms with Gasteiger partial charge in [0.1, 0.15) is 0 Å². The molecule has 1 atom stereocenters. The van der Waals surface area contributed by atoms with Crippen LogP contribution in [0.1, 0.15) is 0 Å². The fraction of sp³-hybridized carbons (Fsp3) is 0.455. The smallest absolute Gasteiger partial charge is 0.385 e. The van der Waals surface area contributed by atoms with E-state index in [0.717, 1.165) is 12.2 Å². The molecule has 1 heterocycles. The van der Waals surface area contributed by atoms with Gasteiger partial charge in [-0.3, -0.25) is 0 Å². The van der Waals surface area contributed by atoms with Crippen molar-refractivity contribution in [2.24, 2.45) is 0 Å². The molecule has 92 valence electrons. The molecule has 0 N–H and O–H groups in total. The summed E-state index contributed by atoms with van der Waals surface area (Å²) < 4.78 is 10.6. The van der Waals surface area contributed by atoms with Crippen molar-refractivity contribution in [3.05, 3.63) is 29.2 Å². The summed E-state index contributed by atoms with van der Waals surface area (Å²) in [5, 5.41) is 8.59. The Bertz CT molecular complexity index is 391. The number of nitrogens with zero attached hydrogens (tertiary/aromatic N) is 3. The standard InChI is InChI=1S/C11H14N3O2.ClH/c1-15-11-8-14(6-7-16-11)10-4-2-9(13-12)3-5-10;/h2-5,11H,6-8H2,1H3;1H/q+1;/p-1. The summed E-state index contributed by atoms with van der Waals surface area (Å²) in [7, 11) is 1.64. The van der Waals surface area contributed by atoms with Gasteiger partial charge >= 0.3 is 5.69 Å². The van der Waals surface area contributed by atoms with Gasteiger partial charge in [0.05, 0.1) is 13.2 Å². The zero-order chi connectivity index (χ0) is 11.4. The second-order valence-electron chi connectivity index (χ2n) is 3.60. The Labute approximate surface area is 106 Å². The highest BCUT2D eigenvalue weighted by atomic mass is 35.5. The number of diazo groups is 1. The van der Waals surface area contributed by atoms with Crippen LogP contribution in [0.25, 0.3) is 4.98 Å². The van der Waals surface area contributed by atoms with Crippen molar-refractivity contribution >= 4 is 11.4 Å². The normalized spacial score (nSPS) is 19.3. The van der Waals surface area contributed by atoms with Crippen LogP contribution in [-0.4, -0.2) is 33.1 Å². The zero-order valence-corrected chi connectivity index (χ0v) is 10.3. The highest BCUT2D eigenvalue weighted by molar-refractivity contribution is 5.55. The molecule has 1 aromatic carbocycles. The third kappa shape index (κ3) is 3.30. The van der Waals surface area contributed by atoms with Crippen LogP contribution in [0.15, 0.2) is 24.3 Å². The van der Waals surface area contributed by atoms with Crippen LogP contribution >= 0.6 is 0 Å². The van der Waals surface area contributed by atoms with Crippen molar-refractivity contribution in [1.29, 1.82) is 5.39 Å². The number of anilines is 1. The molecule has 5 nitrogen and oxygen atoms in total. The van der Waals surface area contributed by atoms with Crippen molar-refractivity contribution in [2.75, 3.05) is 31.7 Å². The highest BCUT2D eigenvalue weighted by Gasteiger charge is 2.20. The molecule has 1 aromatic rings. The van der Waals surface area contributed by atoms with Crippen molar-refractivity contribution in [2.45, 2.75) is 6.29 Å². The molecule has 1 unspecified atom stereocenters. The van der Waals surface area contributed by atoms with Gasteiger partial charge in [-0.2, -0.15) is 0 Å². The zero-order valence-electron chi connectivity index (χ0n) is 9.54. The van der Waals surface area contributed by atoms with E-state index in [9.17, 15) is 0 Å². The first-order valence-electron chi connectivity index (χ1n) is 5.18. The average molecular weight is 256 g/mol. The summed E-state index contributed by atoms with van der Waals surface area (Å²) in [6.45, 7) is 2.21. The molecular formula is C11H14ClN3O2. The summed E-state index contributed by atoms with van der Waals surface area (Å²) in [6.07, 6.45) is -0.170. The fourth-order valence-corrected chi connectivity index (χ4v) is 1.73. The third-order valence-electron chi connectivity index (χ3n) is 2.63. The van der Waals surface area contributed by atoms with Crippen LogP contribution < -0.4 is 17.3 Å². The maximum atomic E-state index is 8.59. The van der Waals surface area contributed by atoms with Gasteiger partial charge in [-0.05, 0) is 12.1 Å². The van der Waals surface area contributed by atoms with Gasteiger partial charge in [-0.25, -0.2) is 0 Å². The summed E-state index contributed by atoms with van der Waals surface area (Å²) in [5.41, 5.74) is 1.64. The van der Waals surface area contributed by atoms with Crippen LogP contribution in [0.3, 0.4) is 0 Å². The maximum absolute atomic E-state index is 8.59. The van der Waals surface area contributed by atoms with Crippen LogP contribution in [0.5, 0.6) is 0 Å². The minimum Gasteiger partial charge on any atom is -1.00 e. The summed E-state index contributed by atoms with van der Waals surface area (Å²) in [4.78, 5) is 5.30. The molecular weight excluding hydrogens is 242 g/mol. The molecule has 1 aliphatic heterocycles. The lowest BCUT2D eigenvalue weighted by Gasteiger charge is -2.33. The Kier molecular flexibility index (Phi) is 5.16. The number of hydrogen-bond acceptors (Lipinski definition) is 4. The van der Waals surface area contributed by atoms with E-state index in [1.54, 1.807) is 19.2 Å². The SMILES string of the molecule is COC1CN(c2ccc([N+]#N)cc2)CCO1.[Cl-]. The molecule has 1 saturated heterocycles. The van der Waals surface area contributed by atoms with E-state index in [4.69, 9.17) is 14.9 Å². The minimum atomic E-state index is -0.170. The lowest BCUT2D eigenvalue weighted by Crippen LogP contribution is -3.00. The van der Waals surface area contributed by atoms with Crippen molar-refractivity contribution in [3.63, 3.8) is 0 Å². The maximum Gasteiger partial charge on any atom is 0.385 e. The molecule has 0 spiro atoms. The molecule has 1 aliphatic rings. The van der Waals surface area contributed by atoms with E-state index < -0.39 is 0 Å². The van der Waals surface area contributed by atoms with Crippen molar-refractivity contribution in [3.8, 4) is 0 Å². The molecule has 0 amide bonds. The summed E-state index contributed by atoms with van der Waals surface area (Å²) >= 11 is 0. The van der Waals surface area contributed by atoms with E-state index in [2.05, 4.69) is 9.88 Å². The second kappa shape index (κ2) is 6.40. The first kappa shape index (κ1) is 13.7. The molecule has 2 rings (SSSR count). The molecule has 0 bridgehead atoms. The van der Waals surface area contributed by atoms with Crippen molar-refractivity contribution < 1.29 is 21.9 Å². The van der Waals surface area contributed by atoms with E-state index in [1.807, 2.05) is 12.1 Å². The van der Waals surface area contributed by atoms with E-state index in [0.29, 0.717) is 18.8 Å². The Morgan fingerprint density at radius 2 is 2.12 bits per heavy atom. The summed E-state index contributed by atoms with van der Waals surface area (Å²) in [5.74, 6) is 0. The number of hydrogen-bond donors (Lipinski definition) is 0. The Morgan fingerprint density at radius 3 is 2.71 bits per heavy atom. The van der Waals surface area contributed by atoms with Gasteiger partial charge in [0.2, 0.25) is 5.39 Å². The van der Waals surface area contributed by atoms with Crippen LogP contribution in [0.2, 0.25) is 0 Å². The van der Waals surface area contributed by atoms with E-state index in [1.165, 1.54) is 0 Å². The van der Waals surface area contributed by atoms with E-state index >= 15 is 0 Å². The predicted molar refractivity (Wildman–Crippen MR) is 60.1 cm³/mol. The fourth-order valence-electron chi connectivity index (χ4n) is 1.73. The number of ether oxygens (including phenoxy) is 2. The van der Waals surface area contributed by atoms with Crippen LogP contribution in [0.4, 0.5) is 11.4 Å². The van der Waals surface area contributed by atoms with Gasteiger partial charge in [0, 0.05) is 31.5 Å². The first-order chi connectivity index (χ1) is 7.83. The molecule has 0 aromatic heterocycles. The number of rotatable bonds is 2. The predicted octanol–water partition coefficient (Wildman–Crippen LogP) is -1.02. The monoisotopic (exact) mass is 255 g/mol. The van der Waals surface area contributed by atoms with Crippen LogP contribution in [0, 0.1) is 5.39 Å². The molecule has 0 radical (unpaired) electrons. The topological polar surface area (TPSA) is 49.9 Å². The van der Waals surface area contributed by atoms with Crippen LogP contribution in [-0.2, 0) is 9.47 Å².